The number of ether oxygens (including phenoxy) is 1. The van der Waals surface area contributed by atoms with Crippen LogP contribution in [0.4, 0.5) is 0 Å². The van der Waals surface area contributed by atoms with Crippen LogP contribution >= 0.6 is 0 Å². The third kappa shape index (κ3) is 5.17. The summed E-state index contributed by atoms with van der Waals surface area (Å²) in [5.41, 5.74) is 0. The topological polar surface area (TPSA) is 75.6 Å². The molecule has 5 nitrogen and oxygen atoms in total. The van der Waals surface area contributed by atoms with Gasteiger partial charge in [-0.25, -0.2) is 0 Å². The van der Waals surface area contributed by atoms with Crippen molar-refractivity contribution < 1.29 is 19.4 Å². The minimum absolute atomic E-state index is 0.0215. The summed E-state index contributed by atoms with van der Waals surface area (Å²) in [7, 11) is 0. The number of carbonyl (C=O) groups is 2. The molecule has 0 saturated carbocycles. The molecule has 0 aliphatic carbocycles. The van der Waals surface area contributed by atoms with E-state index >= 15 is 0 Å². The van der Waals surface area contributed by atoms with Gasteiger partial charge >= 0.3 is 5.97 Å². The molecule has 0 spiro atoms. The lowest BCUT2D eigenvalue weighted by atomic mass is 10.1. The van der Waals surface area contributed by atoms with E-state index in [0.717, 1.165) is 25.7 Å². The highest BCUT2D eigenvalue weighted by Crippen LogP contribution is 2.13. The third-order valence-corrected chi connectivity index (χ3v) is 2.88. The fraction of sp³-hybridized carbons (Fsp3) is 0.833. The van der Waals surface area contributed by atoms with Crippen molar-refractivity contribution in [2.75, 3.05) is 6.61 Å². The number of aliphatic carboxylic acids is 1. The van der Waals surface area contributed by atoms with Crippen molar-refractivity contribution >= 4 is 11.9 Å². The Morgan fingerprint density at radius 2 is 2.24 bits per heavy atom. The number of carboxylic acid groups (broad SMARTS) is 1. The minimum atomic E-state index is -0.881. The molecule has 1 saturated heterocycles. The van der Waals surface area contributed by atoms with Gasteiger partial charge in [0, 0.05) is 12.6 Å². The largest absolute Gasteiger partial charge is 0.481 e. The highest BCUT2D eigenvalue weighted by Gasteiger charge is 2.24. The van der Waals surface area contributed by atoms with Crippen LogP contribution in [0.25, 0.3) is 0 Å². The smallest absolute Gasteiger partial charge is 0.305 e. The maximum Gasteiger partial charge on any atom is 0.305 e. The first-order valence-electron chi connectivity index (χ1n) is 6.27. The van der Waals surface area contributed by atoms with E-state index in [1.54, 1.807) is 0 Å². The number of nitrogens with one attached hydrogen (secondary N) is 1. The van der Waals surface area contributed by atoms with Crippen LogP contribution in [0.1, 0.15) is 45.4 Å². The number of amides is 1. The molecule has 2 unspecified atom stereocenters. The Labute approximate surface area is 102 Å². The molecule has 2 N–H and O–H groups in total. The standard InChI is InChI=1S/C12H21NO4/c1-2-5-9(8-11(14)15)13-12(16)10-6-3-4-7-17-10/h9-10H,2-8H2,1H3,(H,13,16)(H,14,15). The van der Waals surface area contributed by atoms with E-state index in [1.807, 2.05) is 6.92 Å². The Balaban J connectivity index is 2.41. The summed E-state index contributed by atoms with van der Waals surface area (Å²) in [6.07, 6.45) is 3.85. The molecular formula is C12H21NO4. The zero-order valence-electron chi connectivity index (χ0n) is 10.3. The molecule has 1 aliphatic heterocycles. The summed E-state index contributed by atoms with van der Waals surface area (Å²) in [6.45, 7) is 2.59. The van der Waals surface area contributed by atoms with Gasteiger partial charge in [-0.2, -0.15) is 0 Å². The lowest BCUT2D eigenvalue weighted by Crippen LogP contribution is -2.44. The van der Waals surface area contributed by atoms with E-state index in [0.29, 0.717) is 13.0 Å². The Kier molecular flexibility index (Phi) is 5.97. The summed E-state index contributed by atoms with van der Waals surface area (Å²) in [5.74, 6) is -1.04. The molecule has 1 heterocycles. The molecule has 0 bridgehead atoms. The van der Waals surface area contributed by atoms with Crippen LogP contribution in [0.5, 0.6) is 0 Å². The maximum absolute atomic E-state index is 11.8. The van der Waals surface area contributed by atoms with Gasteiger partial charge < -0.3 is 15.2 Å². The second-order valence-electron chi connectivity index (χ2n) is 4.45. The Bertz CT molecular complexity index is 261. The Morgan fingerprint density at radius 1 is 1.47 bits per heavy atom. The molecule has 17 heavy (non-hydrogen) atoms. The first-order valence-corrected chi connectivity index (χ1v) is 6.27. The van der Waals surface area contributed by atoms with E-state index in [9.17, 15) is 9.59 Å². The van der Waals surface area contributed by atoms with Crippen LogP contribution < -0.4 is 5.32 Å². The SMILES string of the molecule is CCCC(CC(=O)O)NC(=O)C1CCCCO1. The fourth-order valence-corrected chi connectivity index (χ4v) is 2.03. The average molecular weight is 243 g/mol. The van der Waals surface area contributed by atoms with Gasteiger partial charge in [-0.15, -0.1) is 0 Å². The number of hydrogen-bond acceptors (Lipinski definition) is 3. The van der Waals surface area contributed by atoms with Crippen LogP contribution in [0.15, 0.2) is 0 Å². The summed E-state index contributed by atoms with van der Waals surface area (Å²) < 4.78 is 5.36. The monoisotopic (exact) mass is 243 g/mol. The predicted molar refractivity (Wildman–Crippen MR) is 62.7 cm³/mol. The molecule has 0 aromatic heterocycles. The molecule has 1 rings (SSSR count). The highest BCUT2D eigenvalue weighted by atomic mass is 16.5. The summed E-state index contributed by atoms with van der Waals surface area (Å²) in [6, 6.07) is -0.282. The minimum Gasteiger partial charge on any atom is -0.481 e. The highest BCUT2D eigenvalue weighted by molar-refractivity contribution is 5.81. The number of hydrogen-bond donors (Lipinski definition) is 2. The fourth-order valence-electron chi connectivity index (χ4n) is 2.03. The molecule has 98 valence electrons. The van der Waals surface area contributed by atoms with E-state index in [-0.39, 0.29) is 18.4 Å². The van der Waals surface area contributed by atoms with E-state index in [2.05, 4.69) is 5.32 Å². The molecule has 0 aromatic carbocycles. The maximum atomic E-state index is 11.8. The molecule has 0 aromatic rings. The summed E-state index contributed by atoms with van der Waals surface area (Å²) in [5, 5.41) is 11.5. The molecular weight excluding hydrogens is 222 g/mol. The molecule has 1 fully saturated rings. The van der Waals surface area contributed by atoms with Crippen molar-refractivity contribution in [3.05, 3.63) is 0 Å². The Morgan fingerprint density at radius 3 is 2.76 bits per heavy atom. The van der Waals surface area contributed by atoms with Crippen LogP contribution in [0, 0.1) is 0 Å². The second-order valence-corrected chi connectivity index (χ2v) is 4.45. The van der Waals surface area contributed by atoms with Crippen LogP contribution in [-0.2, 0) is 14.3 Å². The van der Waals surface area contributed by atoms with Crippen molar-refractivity contribution in [1.29, 1.82) is 0 Å². The average Bonchev–Trinajstić information content (AvgIpc) is 2.29. The van der Waals surface area contributed by atoms with Gasteiger partial charge in [-0.1, -0.05) is 13.3 Å². The van der Waals surface area contributed by atoms with Crippen molar-refractivity contribution in [2.45, 2.75) is 57.6 Å². The second kappa shape index (κ2) is 7.27. The van der Waals surface area contributed by atoms with Gasteiger partial charge in [0.1, 0.15) is 6.10 Å². The van der Waals surface area contributed by atoms with Crippen LogP contribution in [0.2, 0.25) is 0 Å². The molecule has 2 atom stereocenters. The molecule has 1 aliphatic rings. The summed E-state index contributed by atoms with van der Waals surface area (Å²) in [4.78, 5) is 22.5. The predicted octanol–water partition coefficient (Wildman–Crippen LogP) is 1.32. The number of carboxylic acids is 1. The van der Waals surface area contributed by atoms with Crippen molar-refractivity contribution in [3.63, 3.8) is 0 Å². The third-order valence-electron chi connectivity index (χ3n) is 2.88. The first kappa shape index (κ1) is 14.0. The number of carbonyl (C=O) groups excluding carboxylic acids is 1. The normalized spacial score (nSPS) is 21.8. The van der Waals surface area contributed by atoms with Gasteiger partial charge in [0.25, 0.3) is 0 Å². The lowest BCUT2D eigenvalue weighted by molar-refractivity contribution is -0.139. The van der Waals surface area contributed by atoms with Crippen LogP contribution in [0.3, 0.4) is 0 Å². The van der Waals surface area contributed by atoms with E-state index in [4.69, 9.17) is 9.84 Å². The first-order chi connectivity index (χ1) is 8.13. The van der Waals surface area contributed by atoms with Gasteiger partial charge in [-0.05, 0) is 25.7 Å². The van der Waals surface area contributed by atoms with Crippen LogP contribution in [-0.4, -0.2) is 35.7 Å². The van der Waals surface area contributed by atoms with E-state index < -0.39 is 12.1 Å². The zero-order valence-corrected chi connectivity index (χ0v) is 10.3. The Hall–Kier alpha value is -1.10. The van der Waals surface area contributed by atoms with Gasteiger partial charge in [0.2, 0.25) is 5.91 Å². The summed E-state index contributed by atoms with van der Waals surface area (Å²) >= 11 is 0. The molecule has 0 radical (unpaired) electrons. The van der Waals surface area contributed by atoms with Gasteiger partial charge in [0.05, 0.1) is 6.42 Å². The lowest BCUT2D eigenvalue weighted by Gasteiger charge is -2.24. The van der Waals surface area contributed by atoms with Crippen molar-refractivity contribution in [2.24, 2.45) is 0 Å². The number of rotatable bonds is 6. The van der Waals surface area contributed by atoms with Crippen molar-refractivity contribution in [3.8, 4) is 0 Å². The van der Waals surface area contributed by atoms with E-state index in [1.165, 1.54) is 0 Å². The molecule has 5 heteroatoms. The zero-order chi connectivity index (χ0) is 12.7. The van der Waals surface area contributed by atoms with Gasteiger partial charge in [-0.3, -0.25) is 9.59 Å². The van der Waals surface area contributed by atoms with Gasteiger partial charge in [0.15, 0.2) is 0 Å². The quantitative estimate of drug-likeness (QED) is 0.737. The molecule has 1 amide bonds. The van der Waals surface area contributed by atoms with Crippen molar-refractivity contribution in [1.82, 2.24) is 5.32 Å².